The Hall–Kier alpha value is -1.08. The average Bonchev–Trinajstić information content (AvgIpc) is 2.89. The molecule has 0 aromatic carbocycles. The van der Waals surface area contributed by atoms with Gasteiger partial charge in [0.1, 0.15) is 6.26 Å². The van der Waals surface area contributed by atoms with Gasteiger partial charge in [-0.1, -0.05) is 26.0 Å². The van der Waals surface area contributed by atoms with Crippen LogP contribution >= 0.6 is 0 Å². The number of rotatable bonds is 21. The summed E-state index contributed by atoms with van der Waals surface area (Å²) < 4.78 is 22.8. The Morgan fingerprint density at radius 2 is 1.34 bits per heavy atom. The molecular weight excluding hydrogens is 444 g/mol. The Morgan fingerprint density at radius 1 is 0.714 bits per heavy atom. The smallest absolute Gasteiger partial charge is 0.122 e. The standard InChI is InChI=1S/C29H52O6/c1-4-34-35-24-8-6-5-7-22-33-29-17-15-28(16-18-29)27-13-11-26(12-14-27)25(2)32-23-10-21-31-20-9-19-30-3/h4,26-29H,1-2,5-24H2,3H3. The second kappa shape index (κ2) is 20.0. The van der Waals surface area contributed by atoms with E-state index in [-0.39, 0.29) is 0 Å². The van der Waals surface area contributed by atoms with E-state index in [1.54, 1.807) is 7.11 Å². The molecular formula is C29H52O6. The quantitative estimate of drug-likeness (QED) is 0.0738. The largest absolute Gasteiger partial charge is 0.498 e. The van der Waals surface area contributed by atoms with E-state index in [0.717, 1.165) is 76.1 Å². The molecule has 0 N–H and O–H groups in total. The SMILES string of the molecule is C=COOCCCCCCOC1CCC(C2CCC(C(=C)OCCCOCCCOC)CC2)CC1. The van der Waals surface area contributed by atoms with Crippen LogP contribution in [0.2, 0.25) is 0 Å². The number of hydrogen-bond donors (Lipinski definition) is 0. The highest BCUT2D eigenvalue weighted by atomic mass is 17.2. The molecule has 0 aromatic heterocycles. The van der Waals surface area contributed by atoms with Gasteiger partial charge in [-0.25, -0.2) is 0 Å². The molecule has 2 rings (SSSR count). The van der Waals surface area contributed by atoms with Crippen molar-refractivity contribution in [2.24, 2.45) is 17.8 Å². The molecule has 0 amide bonds. The van der Waals surface area contributed by atoms with E-state index in [1.807, 2.05) is 0 Å². The minimum Gasteiger partial charge on any atom is -0.498 e. The lowest BCUT2D eigenvalue weighted by Gasteiger charge is -2.38. The molecule has 0 saturated heterocycles. The van der Waals surface area contributed by atoms with Gasteiger partial charge >= 0.3 is 0 Å². The van der Waals surface area contributed by atoms with Gasteiger partial charge < -0.3 is 23.8 Å². The molecule has 0 aromatic rings. The highest BCUT2D eigenvalue weighted by molar-refractivity contribution is 4.95. The highest BCUT2D eigenvalue weighted by Crippen LogP contribution is 2.42. The van der Waals surface area contributed by atoms with E-state index < -0.39 is 0 Å². The zero-order valence-electron chi connectivity index (χ0n) is 22.4. The Labute approximate surface area is 214 Å². The molecule has 204 valence electrons. The van der Waals surface area contributed by atoms with Gasteiger partial charge in [-0.15, -0.1) is 0 Å². The summed E-state index contributed by atoms with van der Waals surface area (Å²) in [5.41, 5.74) is 0. The van der Waals surface area contributed by atoms with Crippen molar-refractivity contribution >= 4 is 0 Å². The molecule has 0 heterocycles. The van der Waals surface area contributed by atoms with Gasteiger partial charge in [0.15, 0.2) is 0 Å². The van der Waals surface area contributed by atoms with Crippen molar-refractivity contribution in [2.45, 2.75) is 96.0 Å². The van der Waals surface area contributed by atoms with Crippen LogP contribution in [-0.2, 0) is 28.7 Å². The lowest BCUT2D eigenvalue weighted by atomic mass is 9.70. The Morgan fingerprint density at radius 3 is 2.00 bits per heavy atom. The molecule has 0 spiro atoms. The number of methoxy groups -OCH3 is 1. The van der Waals surface area contributed by atoms with Crippen molar-refractivity contribution in [3.8, 4) is 0 Å². The number of unbranched alkanes of at least 4 members (excludes halogenated alkanes) is 3. The first-order chi connectivity index (χ1) is 17.2. The third-order valence-electron chi connectivity index (χ3n) is 7.58. The van der Waals surface area contributed by atoms with Gasteiger partial charge in [-0.3, -0.25) is 0 Å². The zero-order valence-corrected chi connectivity index (χ0v) is 22.4. The van der Waals surface area contributed by atoms with E-state index in [0.29, 0.717) is 25.2 Å². The molecule has 35 heavy (non-hydrogen) atoms. The Balaban J connectivity index is 1.44. The van der Waals surface area contributed by atoms with Gasteiger partial charge in [-0.05, 0) is 82.5 Å². The van der Waals surface area contributed by atoms with Crippen molar-refractivity contribution in [3.05, 3.63) is 25.2 Å². The lowest BCUT2D eigenvalue weighted by Crippen LogP contribution is -2.29. The Kier molecular flexibility index (Phi) is 17.3. The maximum atomic E-state index is 6.18. The summed E-state index contributed by atoms with van der Waals surface area (Å²) in [6.07, 6.45) is 18.4. The summed E-state index contributed by atoms with van der Waals surface area (Å²) in [6, 6.07) is 0. The maximum absolute atomic E-state index is 6.18. The third-order valence-corrected chi connectivity index (χ3v) is 7.58. The summed E-state index contributed by atoms with van der Waals surface area (Å²) in [7, 11) is 1.72. The van der Waals surface area contributed by atoms with Crippen molar-refractivity contribution < 1.29 is 28.7 Å². The first-order valence-electron chi connectivity index (χ1n) is 14.1. The van der Waals surface area contributed by atoms with E-state index in [4.69, 9.17) is 23.8 Å². The van der Waals surface area contributed by atoms with Crippen LogP contribution in [0.3, 0.4) is 0 Å². The third kappa shape index (κ3) is 13.7. The van der Waals surface area contributed by atoms with E-state index in [2.05, 4.69) is 18.0 Å². The van der Waals surface area contributed by atoms with Crippen LogP contribution in [0.15, 0.2) is 25.2 Å². The fourth-order valence-electron chi connectivity index (χ4n) is 5.49. The van der Waals surface area contributed by atoms with Gasteiger partial charge in [0.25, 0.3) is 0 Å². The molecule has 0 radical (unpaired) electrons. The van der Waals surface area contributed by atoms with Crippen LogP contribution in [0.4, 0.5) is 0 Å². The van der Waals surface area contributed by atoms with E-state index in [9.17, 15) is 0 Å². The van der Waals surface area contributed by atoms with Crippen LogP contribution in [0.5, 0.6) is 0 Å². The zero-order chi connectivity index (χ0) is 25.0. The Bertz CT molecular complexity index is 523. The molecule has 0 bridgehead atoms. The number of ether oxygens (including phenoxy) is 4. The molecule has 6 nitrogen and oxygen atoms in total. The first kappa shape index (κ1) is 30.1. The van der Waals surface area contributed by atoms with Crippen LogP contribution < -0.4 is 0 Å². The van der Waals surface area contributed by atoms with Gasteiger partial charge in [0, 0.05) is 45.9 Å². The van der Waals surface area contributed by atoms with Gasteiger partial charge in [0.2, 0.25) is 0 Å². The average molecular weight is 497 g/mol. The normalized spacial score (nSPS) is 24.7. The second-order valence-electron chi connectivity index (χ2n) is 10.1. The molecule has 0 atom stereocenters. The lowest BCUT2D eigenvalue weighted by molar-refractivity contribution is -0.248. The van der Waals surface area contributed by atoms with E-state index >= 15 is 0 Å². The summed E-state index contributed by atoms with van der Waals surface area (Å²) in [5.74, 6) is 3.30. The van der Waals surface area contributed by atoms with Crippen LogP contribution in [-0.4, -0.2) is 52.9 Å². The van der Waals surface area contributed by atoms with Crippen molar-refractivity contribution in [2.75, 3.05) is 46.8 Å². The topological polar surface area (TPSA) is 55.4 Å². The van der Waals surface area contributed by atoms with Crippen LogP contribution in [0.25, 0.3) is 0 Å². The van der Waals surface area contributed by atoms with E-state index in [1.165, 1.54) is 64.0 Å². The molecule has 2 fully saturated rings. The fourth-order valence-corrected chi connectivity index (χ4v) is 5.49. The predicted molar refractivity (Wildman–Crippen MR) is 140 cm³/mol. The molecule has 2 aliphatic rings. The summed E-state index contributed by atoms with van der Waals surface area (Å²) >= 11 is 0. The van der Waals surface area contributed by atoms with Crippen molar-refractivity contribution in [3.63, 3.8) is 0 Å². The molecule has 2 aliphatic carbocycles. The number of hydrogen-bond acceptors (Lipinski definition) is 6. The molecule has 0 aliphatic heterocycles. The van der Waals surface area contributed by atoms with Gasteiger partial charge in [0.05, 0.1) is 25.1 Å². The molecule has 0 unspecified atom stereocenters. The minimum atomic E-state index is 0.476. The maximum Gasteiger partial charge on any atom is 0.122 e. The fraction of sp³-hybridized carbons (Fsp3) is 0.862. The monoisotopic (exact) mass is 496 g/mol. The van der Waals surface area contributed by atoms with Crippen LogP contribution in [0, 0.1) is 17.8 Å². The minimum absolute atomic E-state index is 0.476. The highest BCUT2D eigenvalue weighted by Gasteiger charge is 2.32. The predicted octanol–water partition coefficient (Wildman–Crippen LogP) is 6.99. The van der Waals surface area contributed by atoms with Crippen molar-refractivity contribution in [1.82, 2.24) is 0 Å². The summed E-state index contributed by atoms with van der Waals surface area (Å²) in [4.78, 5) is 9.60. The number of allylic oxidation sites excluding steroid dienone is 1. The first-order valence-corrected chi connectivity index (χ1v) is 14.1. The molecule has 2 saturated carbocycles. The summed E-state index contributed by atoms with van der Waals surface area (Å²) in [6.45, 7) is 12.2. The van der Waals surface area contributed by atoms with Crippen molar-refractivity contribution in [1.29, 1.82) is 0 Å². The second-order valence-corrected chi connectivity index (χ2v) is 10.1. The summed E-state index contributed by atoms with van der Waals surface area (Å²) in [5, 5.41) is 0. The van der Waals surface area contributed by atoms with Gasteiger partial charge in [-0.2, -0.15) is 4.89 Å². The van der Waals surface area contributed by atoms with Crippen LogP contribution in [0.1, 0.15) is 89.9 Å². The molecule has 6 heteroatoms.